The monoisotopic (exact) mass is 266 g/mol. The smallest absolute Gasteiger partial charge is 0.342 e. The van der Waals surface area contributed by atoms with Crippen LogP contribution in [0.3, 0.4) is 0 Å². The summed E-state index contributed by atoms with van der Waals surface area (Å²) >= 11 is 0. The predicted octanol–water partition coefficient (Wildman–Crippen LogP) is 2.18. The van der Waals surface area contributed by atoms with E-state index in [2.05, 4.69) is 12.2 Å². The van der Waals surface area contributed by atoms with Crippen molar-refractivity contribution in [2.24, 2.45) is 5.92 Å². The molecule has 1 N–H and O–H groups in total. The molecule has 0 aromatic heterocycles. The molecule has 6 heteroatoms. The quantitative estimate of drug-likeness (QED) is 0.846. The molecule has 1 heterocycles. The summed E-state index contributed by atoms with van der Waals surface area (Å²) in [5.74, 6) is 0.418. The van der Waals surface area contributed by atoms with Crippen LogP contribution >= 0.6 is 0 Å². The Morgan fingerprint density at radius 3 is 2.67 bits per heavy atom. The number of alkyl halides is 3. The number of nitrogens with zero attached hydrogens (tertiary/aromatic N) is 1. The molecule has 3 nitrogen and oxygen atoms in total. The number of likely N-dealkylation sites (tertiary alicyclic amines) is 1. The Labute approximate surface area is 106 Å². The van der Waals surface area contributed by atoms with E-state index in [1.165, 1.54) is 0 Å². The lowest BCUT2D eigenvalue weighted by Gasteiger charge is -2.21. The van der Waals surface area contributed by atoms with E-state index in [1.54, 1.807) is 4.90 Å². The number of halogens is 3. The van der Waals surface area contributed by atoms with Crippen LogP contribution in [0, 0.1) is 5.92 Å². The fourth-order valence-electron chi connectivity index (χ4n) is 2.25. The Morgan fingerprint density at radius 1 is 1.33 bits per heavy atom. The highest BCUT2D eigenvalue weighted by atomic mass is 19.4. The van der Waals surface area contributed by atoms with Crippen molar-refractivity contribution in [2.75, 3.05) is 26.2 Å². The molecule has 1 fully saturated rings. The van der Waals surface area contributed by atoms with Gasteiger partial charge in [-0.1, -0.05) is 13.3 Å². The highest BCUT2D eigenvalue weighted by Gasteiger charge is 2.27. The molecule has 0 bridgehead atoms. The maximum atomic E-state index is 11.9. The third-order valence-corrected chi connectivity index (χ3v) is 3.38. The highest BCUT2D eigenvalue weighted by molar-refractivity contribution is 5.78. The zero-order valence-electron chi connectivity index (χ0n) is 10.7. The van der Waals surface area contributed by atoms with Crippen molar-refractivity contribution in [1.82, 2.24) is 10.2 Å². The maximum absolute atomic E-state index is 11.9. The summed E-state index contributed by atoms with van der Waals surface area (Å²) in [7, 11) is 0. The summed E-state index contributed by atoms with van der Waals surface area (Å²) in [5, 5.41) is 2.15. The van der Waals surface area contributed by atoms with E-state index in [1.807, 2.05) is 0 Å². The average molecular weight is 266 g/mol. The topological polar surface area (TPSA) is 32.3 Å². The van der Waals surface area contributed by atoms with Gasteiger partial charge >= 0.3 is 6.18 Å². The van der Waals surface area contributed by atoms with Crippen LogP contribution in [0.1, 0.15) is 32.6 Å². The van der Waals surface area contributed by atoms with Gasteiger partial charge in [-0.3, -0.25) is 4.79 Å². The summed E-state index contributed by atoms with van der Waals surface area (Å²) in [5.41, 5.74) is 0. The number of amides is 1. The third-order valence-electron chi connectivity index (χ3n) is 3.38. The molecule has 1 amide bonds. The van der Waals surface area contributed by atoms with E-state index < -0.39 is 12.7 Å². The summed E-state index contributed by atoms with van der Waals surface area (Å²) in [4.78, 5) is 13.4. The largest absolute Gasteiger partial charge is 0.401 e. The van der Waals surface area contributed by atoms with Gasteiger partial charge in [-0.15, -0.1) is 0 Å². The van der Waals surface area contributed by atoms with Crippen molar-refractivity contribution in [3.05, 3.63) is 0 Å². The molecule has 1 rings (SSSR count). The SMILES string of the molecule is CCC1CCCN(C(=O)CNCC(F)(F)F)CC1. The number of carbonyl (C=O) groups excluding carboxylic acids is 1. The van der Waals surface area contributed by atoms with E-state index >= 15 is 0 Å². The number of nitrogens with one attached hydrogen (secondary N) is 1. The molecule has 18 heavy (non-hydrogen) atoms. The molecular formula is C12H21F3N2O. The Morgan fingerprint density at radius 2 is 2.06 bits per heavy atom. The van der Waals surface area contributed by atoms with Crippen molar-refractivity contribution in [3.63, 3.8) is 0 Å². The van der Waals surface area contributed by atoms with Gasteiger partial charge in [0.1, 0.15) is 0 Å². The van der Waals surface area contributed by atoms with E-state index in [9.17, 15) is 18.0 Å². The Kier molecular flexibility index (Phi) is 5.91. The van der Waals surface area contributed by atoms with E-state index in [4.69, 9.17) is 0 Å². The second-order valence-corrected chi connectivity index (χ2v) is 4.80. The lowest BCUT2D eigenvalue weighted by atomic mass is 9.98. The van der Waals surface area contributed by atoms with Crippen molar-refractivity contribution in [3.8, 4) is 0 Å². The standard InChI is InChI=1S/C12H21F3N2O/c1-2-10-4-3-6-17(7-5-10)11(18)8-16-9-12(13,14)15/h10,16H,2-9H2,1H3. The van der Waals surface area contributed by atoms with Gasteiger partial charge in [0.25, 0.3) is 0 Å². The summed E-state index contributed by atoms with van der Waals surface area (Å²) in [6, 6.07) is 0. The van der Waals surface area contributed by atoms with E-state index in [-0.39, 0.29) is 12.5 Å². The van der Waals surface area contributed by atoms with Crippen LogP contribution in [-0.4, -0.2) is 43.2 Å². The van der Waals surface area contributed by atoms with Crippen molar-refractivity contribution >= 4 is 5.91 Å². The van der Waals surface area contributed by atoms with Crippen molar-refractivity contribution < 1.29 is 18.0 Å². The minimum Gasteiger partial charge on any atom is -0.342 e. The van der Waals surface area contributed by atoms with Gasteiger partial charge in [0, 0.05) is 13.1 Å². The molecule has 1 unspecified atom stereocenters. The van der Waals surface area contributed by atoms with E-state index in [0.29, 0.717) is 19.0 Å². The fourth-order valence-corrected chi connectivity index (χ4v) is 2.25. The molecule has 0 aromatic carbocycles. The summed E-state index contributed by atoms with van der Waals surface area (Å²) in [6.07, 6.45) is -0.137. The highest BCUT2D eigenvalue weighted by Crippen LogP contribution is 2.20. The molecule has 0 aromatic rings. The molecule has 0 spiro atoms. The molecule has 0 saturated carbocycles. The van der Waals surface area contributed by atoms with Crippen LogP contribution in [0.5, 0.6) is 0 Å². The van der Waals surface area contributed by atoms with Crippen LogP contribution < -0.4 is 5.32 Å². The van der Waals surface area contributed by atoms with Gasteiger partial charge in [0.15, 0.2) is 0 Å². The predicted molar refractivity (Wildman–Crippen MR) is 63.1 cm³/mol. The molecule has 106 valence electrons. The van der Waals surface area contributed by atoms with Crippen LogP contribution in [0.4, 0.5) is 13.2 Å². The first-order valence-electron chi connectivity index (χ1n) is 6.47. The molecule has 1 aliphatic rings. The fraction of sp³-hybridized carbons (Fsp3) is 0.917. The minimum atomic E-state index is -4.26. The Bertz CT molecular complexity index is 269. The van der Waals surface area contributed by atoms with Crippen LogP contribution in [0.25, 0.3) is 0 Å². The molecule has 1 saturated heterocycles. The number of hydrogen-bond donors (Lipinski definition) is 1. The Balaban J connectivity index is 2.29. The lowest BCUT2D eigenvalue weighted by molar-refractivity contribution is -0.134. The van der Waals surface area contributed by atoms with Crippen molar-refractivity contribution in [1.29, 1.82) is 0 Å². The lowest BCUT2D eigenvalue weighted by Crippen LogP contribution is -2.41. The number of rotatable bonds is 4. The summed E-state index contributed by atoms with van der Waals surface area (Å²) < 4.78 is 35.8. The van der Waals surface area contributed by atoms with Gasteiger partial charge in [-0.05, 0) is 25.2 Å². The second kappa shape index (κ2) is 6.97. The maximum Gasteiger partial charge on any atom is 0.401 e. The van der Waals surface area contributed by atoms with Crippen molar-refractivity contribution in [2.45, 2.75) is 38.8 Å². The van der Waals surface area contributed by atoms with Gasteiger partial charge in [0.2, 0.25) is 5.91 Å². The van der Waals surface area contributed by atoms with Gasteiger partial charge in [0.05, 0.1) is 13.1 Å². The molecule has 0 aliphatic carbocycles. The normalized spacial score (nSPS) is 21.8. The first-order chi connectivity index (χ1) is 8.42. The van der Waals surface area contributed by atoms with Crippen LogP contribution in [0.15, 0.2) is 0 Å². The van der Waals surface area contributed by atoms with Crippen LogP contribution in [0.2, 0.25) is 0 Å². The molecule has 1 aliphatic heterocycles. The molecule has 1 atom stereocenters. The van der Waals surface area contributed by atoms with Gasteiger partial charge < -0.3 is 10.2 Å². The first kappa shape index (κ1) is 15.3. The summed E-state index contributed by atoms with van der Waals surface area (Å²) in [6.45, 7) is 2.14. The zero-order chi connectivity index (χ0) is 13.6. The Hall–Kier alpha value is -0.780. The number of carbonyl (C=O) groups is 1. The third kappa shape index (κ3) is 5.71. The average Bonchev–Trinajstić information content (AvgIpc) is 2.52. The number of hydrogen-bond acceptors (Lipinski definition) is 2. The second-order valence-electron chi connectivity index (χ2n) is 4.80. The van der Waals surface area contributed by atoms with Gasteiger partial charge in [-0.2, -0.15) is 13.2 Å². The first-order valence-corrected chi connectivity index (χ1v) is 6.47. The minimum absolute atomic E-state index is 0.226. The van der Waals surface area contributed by atoms with Gasteiger partial charge in [-0.25, -0.2) is 0 Å². The molecular weight excluding hydrogens is 245 g/mol. The zero-order valence-corrected chi connectivity index (χ0v) is 10.7. The molecule has 0 radical (unpaired) electrons. The van der Waals surface area contributed by atoms with E-state index in [0.717, 1.165) is 25.7 Å². The van der Waals surface area contributed by atoms with Crippen LogP contribution in [-0.2, 0) is 4.79 Å².